The van der Waals surface area contributed by atoms with Crippen molar-refractivity contribution in [1.29, 1.82) is 0 Å². The zero-order valence-electron chi connectivity index (χ0n) is 14.9. The molecule has 1 aliphatic heterocycles. The minimum Gasteiger partial charge on any atom is -0.337 e. The number of benzene rings is 1. The Morgan fingerprint density at radius 2 is 1.92 bits per heavy atom. The molecule has 5 heteroatoms. The van der Waals surface area contributed by atoms with Crippen LogP contribution in [0.3, 0.4) is 0 Å². The third kappa shape index (κ3) is 4.63. The number of hydrogen-bond donors (Lipinski definition) is 0. The Hall–Kier alpha value is -1.36. The molecule has 3 rings (SSSR count). The summed E-state index contributed by atoms with van der Waals surface area (Å²) in [4.78, 5) is 19.4. The van der Waals surface area contributed by atoms with E-state index < -0.39 is 0 Å². The molecule has 3 nitrogen and oxygen atoms in total. The summed E-state index contributed by atoms with van der Waals surface area (Å²) >= 11 is 7.59. The lowest BCUT2D eigenvalue weighted by atomic mass is 10.2. The van der Waals surface area contributed by atoms with E-state index in [0.29, 0.717) is 0 Å². The van der Waals surface area contributed by atoms with E-state index in [1.54, 1.807) is 11.3 Å². The first-order chi connectivity index (χ1) is 12.1. The van der Waals surface area contributed by atoms with Gasteiger partial charge in [0.1, 0.15) is 0 Å². The number of carbonyl (C=O) groups excluding carboxylic acids is 1. The lowest BCUT2D eigenvalue weighted by Gasteiger charge is -2.21. The smallest absolute Gasteiger partial charge is 0.263 e. The summed E-state index contributed by atoms with van der Waals surface area (Å²) in [6.07, 6.45) is 2.01. The van der Waals surface area contributed by atoms with Crippen molar-refractivity contribution < 1.29 is 4.79 Å². The largest absolute Gasteiger partial charge is 0.337 e. The van der Waals surface area contributed by atoms with Crippen LogP contribution in [-0.4, -0.2) is 41.9 Å². The number of amides is 1. The Morgan fingerprint density at radius 1 is 1.16 bits per heavy atom. The first kappa shape index (κ1) is 18.4. The average molecular weight is 377 g/mol. The maximum atomic E-state index is 12.8. The number of aryl methyl sites for hydroxylation is 2. The van der Waals surface area contributed by atoms with Gasteiger partial charge in [-0.3, -0.25) is 9.69 Å². The van der Waals surface area contributed by atoms with Gasteiger partial charge in [-0.25, -0.2) is 0 Å². The lowest BCUT2D eigenvalue weighted by molar-refractivity contribution is 0.0766. The quantitative estimate of drug-likeness (QED) is 0.777. The van der Waals surface area contributed by atoms with E-state index in [1.807, 2.05) is 17.0 Å². The summed E-state index contributed by atoms with van der Waals surface area (Å²) in [5.41, 5.74) is 2.57. The van der Waals surface area contributed by atoms with Gasteiger partial charge in [-0.1, -0.05) is 30.7 Å². The van der Waals surface area contributed by atoms with Gasteiger partial charge in [-0.15, -0.1) is 11.3 Å². The summed E-state index contributed by atoms with van der Waals surface area (Å²) in [6.45, 7) is 8.74. The Balaban J connectivity index is 1.60. The minimum absolute atomic E-state index is 0.196. The average Bonchev–Trinajstić information content (AvgIpc) is 2.84. The zero-order chi connectivity index (χ0) is 17.8. The third-order valence-corrected chi connectivity index (χ3v) is 6.14. The Bertz CT molecular complexity index is 726. The third-order valence-electron chi connectivity index (χ3n) is 4.81. The molecule has 0 saturated carbocycles. The first-order valence-electron chi connectivity index (χ1n) is 8.92. The molecule has 0 N–H and O–H groups in total. The standard InChI is InChI=1S/C20H25ClN2OS/c1-3-17-13-19(25-15(17)2)20(24)23-10-4-9-22(11-12-23)14-16-5-7-18(21)8-6-16/h5-8,13H,3-4,9-12,14H2,1-2H3. The lowest BCUT2D eigenvalue weighted by Crippen LogP contribution is -2.34. The topological polar surface area (TPSA) is 23.6 Å². The molecular weight excluding hydrogens is 352 g/mol. The molecule has 2 heterocycles. The van der Waals surface area contributed by atoms with Crippen LogP contribution in [-0.2, 0) is 13.0 Å². The van der Waals surface area contributed by atoms with Crippen molar-refractivity contribution in [1.82, 2.24) is 9.80 Å². The van der Waals surface area contributed by atoms with Gasteiger partial charge in [-0.2, -0.15) is 0 Å². The molecule has 0 aliphatic carbocycles. The van der Waals surface area contributed by atoms with Crippen molar-refractivity contribution in [3.8, 4) is 0 Å². The molecule has 0 spiro atoms. The van der Waals surface area contributed by atoms with Crippen molar-refractivity contribution >= 4 is 28.8 Å². The molecule has 1 amide bonds. The Labute approximate surface area is 159 Å². The van der Waals surface area contributed by atoms with Crippen LogP contribution in [0.2, 0.25) is 5.02 Å². The number of hydrogen-bond acceptors (Lipinski definition) is 3. The van der Waals surface area contributed by atoms with Crippen LogP contribution in [0.1, 0.15) is 39.0 Å². The van der Waals surface area contributed by atoms with Gasteiger partial charge in [0.2, 0.25) is 0 Å². The summed E-state index contributed by atoms with van der Waals surface area (Å²) in [5, 5.41) is 0.772. The van der Waals surface area contributed by atoms with Gasteiger partial charge < -0.3 is 4.90 Å². The number of halogens is 1. The molecule has 1 aliphatic rings. The summed E-state index contributed by atoms with van der Waals surface area (Å²) in [6, 6.07) is 10.1. The molecule has 1 aromatic carbocycles. The van der Waals surface area contributed by atoms with Gasteiger partial charge >= 0.3 is 0 Å². The monoisotopic (exact) mass is 376 g/mol. The van der Waals surface area contributed by atoms with E-state index in [2.05, 4.69) is 36.9 Å². The maximum Gasteiger partial charge on any atom is 0.263 e. The van der Waals surface area contributed by atoms with Crippen molar-refractivity contribution in [2.24, 2.45) is 0 Å². The Kier molecular flexibility index (Phi) is 6.15. The van der Waals surface area contributed by atoms with Crippen LogP contribution >= 0.6 is 22.9 Å². The SMILES string of the molecule is CCc1cc(C(=O)N2CCCN(Cc3ccc(Cl)cc3)CC2)sc1C. The minimum atomic E-state index is 0.196. The highest BCUT2D eigenvalue weighted by Crippen LogP contribution is 2.24. The fourth-order valence-electron chi connectivity index (χ4n) is 3.31. The van der Waals surface area contributed by atoms with E-state index in [9.17, 15) is 4.79 Å². The van der Waals surface area contributed by atoms with E-state index in [1.165, 1.54) is 16.0 Å². The van der Waals surface area contributed by atoms with Crippen LogP contribution in [0.15, 0.2) is 30.3 Å². The van der Waals surface area contributed by atoms with Crippen LogP contribution in [0.4, 0.5) is 0 Å². The van der Waals surface area contributed by atoms with E-state index in [0.717, 1.165) is 55.5 Å². The predicted octanol–water partition coefficient (Wildman–Crippen LogP) is 4.62. The zero-order valence-corrected chi connectivity index (χ0v) is 16.5. The molecule has 25 heavy (non-hydrogen) atoms. The molecule has 134 valence electrons. The Morgan fingerprint density at radius 3 is 2.60 bits per heavy atom. The molecular formula is C20H25ClN2OS. The normalized spacial score (nSPS) is 16.0. The second-order valence-corrected chi connectivity index (χ2v) is 8.29. The number of thiophene rings is 1. The van der Waals surface area contributed by atoms with Crippen molar-refractivity contribution in [3.63, 3.8) is 0 Å². The van der Waals surface area contributed by atoms with Crippen LogP contribution < -0.4 is 0 Å². The van der Waals surface area contributed by atoms with Crippen molar-refractivity contribution in [2.75, 3.05) is 26.2 Å². The molecule has 1 aromatic heterocycles. The van der Waals surface area contributed by atoms with Crippen molar-refractivity contribution in [3.05, 3.63) is 56.2 Å². The van der Waals surface area contributed by atoms with Gasteiger partial charge in [0.05, 0.1) is 4.88 Å². The van der Waals surface area contributed by atoms with Gasteiger partial charge in [0, 0.05) is 42.6 Å². The maximum absolute atomic E-state index is 12.8. The van der Waals surface area contributed by atoms with Gasteiger partial charge in [0.25, 0.3) is 5.91 Å². The van der Waals surface area contributed by atoms with Gasteiger partial charge in [-0.05, 0) is 49.1 Å². The van der Waals surface area contributed by atoms with Gasteiger partial charge in [0.15, 0.2) is 0 Å². The molecule has 0 radical (unpaired) electrons. The molecule has 2 aromatic rings. The summed E-state index contributed by atoms with van der Waals surface area (Å²) < 4.78 is 0. The van der Waals surface area contributed by atoms with Crippen molar-refractivity contribution in [2.45, 2.75) is 33.2 Å². The van der Waals surface area contributed by atoms with Crippen LogP contribution in [0.25, 0.3) is 0 Å². The second kappa shape index (κ2) is 8.35. The molecule has 0 atom stereocenters. The van der Waals surface area contributed by atoms with Crippen LogP contribution in [0, 0.1) is 6.92 Å². The predicted molar refractivity (Wildman–Crippen MR) is 106 cm³/mol. The van der Waals surface area contributed by atoms with Crippen LogP contribution in [0.5, 0.6) is 0 Å². The highest BCUT2D eigenvalue weighted by molar-refractivity contribution is 7.14. The molecule has 1 saturated heterocycles. The molecule has 1 fully saturated rings. The highest BCUT2D eigenvalue weighted by atomic mass is 35.5. The van der Waals surface area contributed by atoms with E-state index >= 15 is 0 Å². The molecule has 0 bridgehead atoms. The summed E-state index contributed by atoms with van der Waals surface area (Å²) in [5.74, 6) is 0.196. The summed E-state index contributed by atoms with van der Waals surface area (Å²) in [7, 11) is 0. The highest BCUT2D eigenvalue weighted by Gasteiger charge is 2.22. The number of rotatable bonds is 4. The first-order valence-corrected chi connectivity index (χ1v) is 10.1. The second-order valence-electron chi connectivity index (χ2n) is 6.59. The fourth-order valence-corrected chi connectivity index (χ4v) is 4.52. The van der Waals surface area contributed by atoms with E-state index in [4.69, 9.17) is 11.6 Å². The number of carbonyl (C=O) groups is 1. The fraction of sp³-hybridized carbons (Fsp3) is 0.450. The van der Waals surface area contributed by atoms with E-state index in [-0.39, 0.29) is 5.91 Å². The molecule has 0 unspecified atom stereocenters. The number of nitrogens with zero attached hydrogens (tertiary/aromatic N) is 2.